The third-order valence-corrected chi connectivity index (χ3v) is 6.02. The van der Waals surface area contributed by atoms with Crippen LogP contribution in [0.15, 0.2) is 45.8 Å². The Labute approximate surface area is 202 Å². The lowest BCUT2D eigenvalue weighted by Gasteiger charge is -2.13. The molecule has 2 aromatic rings. The van der Waals surface area contributed by atoms with E-state index in [1.807, 2.05) is 0 Å². The molecule has 3 rings (SSSR count). The molecule has 1 aliphatic heterocycles. The minimum atomic E-state index is -0.501. The molecule has 1 aliphatic rings. The van der Waals surface area contributed by atoms with Gasteiger partial charge < -0.3 is 14.2 Å². The summed E-state index contributed by atoms with van der Waals surface area (Å²) in [4.78, 5) is 38.3. The van der Waals surface area contributed by atoms with Crippen molar-refractivity contribution in [3.63, 3.8) is 0 Å². The van der Waals surface area contributed by atoms with E-state index in [1.54, 1.807) is 49.4 Å². The summed E-state index contributed by atoms with van der Waals surface area (Å²) in [5.74, 6) is -0.212. The Morgan fingerprint density at radius 1 is 1.25 bits per heavy atom. The zero-order valence-electron chi connectivity index (χ0n) is 17.2. The van der Waals surface area contributed by atoms with E-state index in [0.29, 0.717) is 26.6 Å². The minimum absolute atomic E-state index is 0.135. The molecule has 168 valence electrons. The molecule has 2 aromatic carbocycles. The number of halogens is 2. The molecule has 0 bridgehead atoms. The highest BCUT2D eigenvalue weighted by Crippen LogP contribution is 2.39. The molecular weight excluding hydrogens is 522 g/mol. The monoisotopic (exact) mass is 539 g/mol. The zero-order valence-corrected chi connectivity index (χ0v) is 20.4. The van der Waals surface area contributed by atoms with Crippen molar-refractivity contribution in [2.45, 2.75) is 13.5 Å². The largest absolute Gasteiger partial charge is 0.493 e. The van der Waals surface area contributed by atoms with Crippen LogP contribution in [-0.2, 0) is 20.9 Å². The van der Waals surface area contributed by atoms with Gasteiger partial charge >= 0.3 is 5.97 Å². The molecule has 0 N–H and O–H groups in total. The van der Waals surface area contributed by atoms with Gasteiger partial charge in [0.15, 0.2) is 18.1 Å². The summed E-state index contributed by atoms with van der Waals surface area (Å²) in [5.41, 5.74) is 1.37. The second-order valence-electron chi connectivity index (χ2n) is 6.53. The van der Waals surface area contributed by atoms with Crippen LogP contribution < -0.4 is 9.47 Å². The molecule has 0 aliphatic carbocycles. The number of methoxy groups -OCH3 is 1. The number of amides is 2. The Hall–Kier alpha value is -2.49. The van der Waals surface area contributed by atoms with E-state index in [2.05, 4.69) is 15.9 Å². The lowest BCUT2D eigenvalue weighted by molar-refractivity contribution is -0.145. The van der Waals surface area contributed by atoms with Crippen molar-refractivity contribution >= 4 is 62.5 Å². The van der Waals surface area contributed by atoms with E-state index in [1.165, 1.54) is 12.0 Å². The van der Waals surface area contributed by atoms with Gasteiger partial charge in [0.2, 0.25) is 0 Å². The Kier molecular flexibility index (Phi) is 8.22. The number of carbonyl (C=O) groups is 3. The first-order chi connectivity index (χ1) is 15.3. The minimum Gasteiger partial charge on any atom is -0.493 e. The number of rotatable bonds is 8. The predicted molar refractivity (Wildman–Crippen MR) is 126 cm³/mol. The van der Waals surface area contributed by atoms with Crippen molar-refractivity contribution in [1.82, 2.24) is 4.90 Å². The fourth-order valence-corrected chi connectivity index (χ4v) is 4.53. The van der Waals surface area contributed by atoms with Gasteiger partial charge in [0.05, 0.1) is 29.6 Å². The van der Waals surface area contributed by atoms with Crippen LogP contribution in [0.5, 0.6) is 11.5 Å². The van der Waals surface area contributed by atoms with Crippen molar-refractivity contribution < 1.29 is 28.6 Å². The van der Waals surface area contributed by atoms with Crippen molar-refractivity contribution in [2.24, 2.45) is 0 Å². The van der Waals surface area contributed by atoms with Crippen LogP contribution >= 0.6 is 39.3 Å². The molecule has 0 saturated carbocycles. The van der Waals surface area contributed by atoms with Crippen LogP contribution in [0, 0.1) is 0 Å². The molecule has 10 heteroatoms. The van der Waals surface area contributed by atoms with Crippen LogP contribution in [0.1, 0.15) is 18.1 Å². The second-order valence-corrected chi connectivity index (χ2v) is 8.81. The van der Waals surface area contributed by atoms with Crippen molar-refractivity contribution in [3.8, 4) is 11.5 Å². The van der Waals surface area contributed by atoms with Crippen LogP contribution in [0.4, 0.5) is 4.79 Å². The second kappa shape index (κ2) is 10.9. The van der Waals surface area contributed by atoms with Gasteiger partial charge in [0.25, 0.3) is 11.1 Å². The maximum atomic E-state index is 12.8. The van der Waals surface area contributed by atoms with E-state index in [-0.39, 0.29) is 29.9 Å². The molecule has 0 spiro atoms. The molecule has 0 unspecified atom stereocenters. The van der Waals surface area contributed by atoms with Gasteiger partial charge in [-0.2, -0.15) is 0 Å². The summed E-state index contributed by atoms with van der Waals surface area (Å²) in [5, 5.41) is 0.175. The number of benzene rings is 2. The van der Waals surface area contributed by atoms with Crippen LogP contribution in [0.3, 0.4) is 0 Å². The summed E-state index contributed by atoms with van der Waals surface area (Å²) in [7, 11) is 1.46. The van der Waals surface area contributed by atoms with Crippen LogP contribution in [0.2, 0.25) is 5.02 Å². The van der Waals surface area contributed by atoms with E-state index >= 15 is 0 Å². The van der Waals surface area contributed by atoms with E-state index in [9.17, 15) is 14.4 Å². The fraction of sp³-hybridized carbons (Fsp3) is 0.227. The Morgan fingerprint density at radius 2 is 2.03 bits per heavy atom. The lowest BCUT2D eigenvalue weighted by atomic mass is 10.1. The Balaban J connectivity index is 1.80. The molecule has 0 radical (unpaired) electrons. The van der Waals surface area contributed by atoms with Crippen LogP contribution in [0.25, 0.3) is 6.08 Å². The number of imide groups is 1. The smallest absolute Gasteiger partial charge is 0.344 e. The number of hydrogen-bond donors (Lipinski definition) is 0. The van der Waals surface area contributed by atoms with E-state index in [4.69, 9.17) is 25.8 Å². The molecule has 0 aromatic heterocycles. The summed E-state index contributed by atoms with van der Waals surface area (Å²) in [6.45, 7) is 1.83. The molecule has 1 fully saturated rings. The van der Waals surface area contributed by atoms with Gasteiger partial charge in [0, 0.05) is 5.02 Å². The van der Waals surface area contributed by atoms with Gasteiger partial charge in [0.1, 0.15) is 0 Å². The highest BCUT2D eigenvalue weighted by atomic mass is 79.9. The predicted octanol–water partition coefficient (Wildman–Crippen LogP) is 5.29. The fourth-order valence-electron chi connectivity index (χ4n) is 2.90. The molecule has 32 heavy (non-hydrogen) atoms. The van der Waals surface area contributed by atoms with Gasteiger partial charge in [-0.3, -0.25) is 14.5 Å². The molecular formula is C22H19BrClNO6S. The average Bonchev–Trinajstić information content (AvgIpc) is 3.00. The number of ether oxygens (including phenoxy) is 3. The van der Waals surface area contributed by atoms with E-state index in [0.717, 1.165) is 17.3 Å². The number of hydrogen-bond acceptors (Lipinski definition) is 7. The SMILES string of the molecule is CCOC(=O)COc1c(Br)cc(/C=C2\SC(=O)N(Cc3cccc(Cl)c3)C2=O)cc1OC. The molecule has 2 amide bonds. The number of thioether (sulfide) groups is 1. The Morgan fingerprint density at radius 3 is 2.72 bits per heavy atom. The molecule has 0 atom stereocenters. The van der Waals surface area contributed by atoms with Crippen molar-refractivity contribution in [2.75, 3.05) is 20.3 Å². The Bertz CT molecular complexity index is 1090. The third kappa shape index (κ3) is 5.85. The standard InChI is InChI=1S/C22H19BrClNO6S/c1-3-30-19(26)12-31-20-16(23)8-14(9-17(20)29-2)10-18-21(27)25(22(28)32-18)11-13-5-4-6-15(24)7-13/h4-10H,3,11-12H2,1-2H3/b18-10-. The number of esters is 1. The lowest BCUT2D eigenvalue weighted by Crippen LogP contribution is -2.27. The topological polar surface area (TPSA) is 82.1 Å². The highest BCUT2D eigenvalue weighted by molar-refractivity contribution is 9.10. The summed E-state index contributed by atoms with van der Waals surface area (Å²) in [6, 6.07) is 10.4. The van der Waals surface area contributed by atoms with Gasteiger partial charge in [-0.1, -0.05) is 23.7 Å². The first-order valence-electron chi connectivity index (χ1n) is 9.48. The summed E-state index contributed by atoms with van der Waals surface area (Å²) >= 11 is 10.3. The van der Waals surface area contributed by atoms with E-state index < -0.39 is 11.9 Å². The van der Waals surface area contributed by atoms with Gasteiger partial charge in [-0.15, -0.1) is 0 Å². The zero-order chi connectivity index (χ0) is 23.3. The number of carbonyl (C=O) groups excluding carboxylic acids is 3. The van der Waals surface area contributed by atoms with Crippen LogP contribution in [-0.4, -0.2) is 42.3 Å². The van der Waals surface area contributed by atoms with Gasteiger partial charge in [-0.05, 0) is 76.1 Å². The van der Waals surface area contributed by atoms with Crippen molar-refractivity contribution in [1.29, 1.82) is 0 Å². The van der Waals surface area contributed by atoms with Gasteiger partial charge in [-0.25, -0.2) is 4.79 Å². The maximum absolute atomic E-state index is 12.8. The first kappa shape index (κ1) is 24.2. The average molecular weight is 541 g/mol. The molecule has 1 saturated heterocycles. The first-order valence-corrected chi connectivity index (χ1v) is 11.5. The quantitative estimate of drug-likeness (QED) is 0.332. The summed E-state index contributed by atoms with van der Waals surface area (Å²) in [6.07, 6.45) is 1.60. The molecule has 1 heterocycles. The third-order valence-electron chi connectivity index (χ3n) is 4.29. The maximum Gasteiger partial charge on any atom is 0.344 e. The molecule has 7 nitrogen and oxygen atoms in total. The normalized spacial score (nSPS) is 14.8. The summed E-state index contributed by atoms with van der Waals surface area (Å²) < 4.78 is 16.3. The highest BCUT2D eigenvalue weighted by Gasteiger charge is 2.35. The van der Waals surface area contributed by atoms with Crippen molar-refractivity contribution in [3.05, 3.63) is 61.9 Å². The number of nitrogens with zero attached hydrogens (tertiary/aromatic N) is 1.